The average molecular weight is 237 g/mol. The highest BCUT2D eigenvalue weighted by atomic mass is 19.1. The van der Waals surface area contributed by atoms with Gasteiger partial charge in [-0.1, -0.05) is 12.5 Å². The van der Waals surface area contributed by atoms with Gasteiger partial charge in [-0.15, -0.1) is 0 Å². The van der Waals surface area contributed by atoms with Crippen LogP contribution >= 0.6 is 0 Å². The summed E-state index contributed by atoms with van der Waals surface area (Å²) in [7, 11) is 0. The van der Waals surface area contributed by atoms with E-state index in [9.17, 15) is 9.50 Å². The first-order valence-corrected chi connectivity index (χ1v) is 6.39. The monoisotopic (exact) mass is 237 g/mol. The lowest BCUT2D eigenvalue weighted by molar-refractivity contribution is 0.135. The first-order chi connectivity index (χ1) is 8.20. The highest BCUT2D eigenvalue weighted by Gasteiger charge is 2.26. The molecule has 2 rings (SSSR count). The van der Waals surface area contributed by atoms with Crippen LogP contribution in [0.25, 0.3) is 0 Å². The van der Waals surface area contributed by atoms with Crippen LogP contribution in [0.15, 0.2) is 24.3 Å². The highest BCUT2D eigenvalue weighted by molar-refractivity contribution is 5.46. The van der Waals surface area contributed by atoms with Gasteiger partial charge in [-0.25, -0.2) is 4.39 Å². The zero-order valence-corrected chi connectivity index (χ0v) is 10.3. The third kappa shape index (κ3) is 2.97. The molecule has 2 nitrogen and oxygen atoms in total. The lowest BCUT2D eigenvalue weighted by Crippen LogP contribution is -2.32. The van der Waals surface area contributed by atoms with Gasteiger partial charge in [0.2, 0.25) is 0 Å². The van der Waals surface area contributed by atoms with Crippen LogP contribution in [-0.2, 0) is 0 Å². The lowest BCUT2D eigenvalue weighted by atomic mass is 10.1. The number of hydrogen-bond donors (Lipinski definition) is 1. The fraction of sp³-hybridized carbons (Fsp3) is 0.571. The van der Waals surface area contributed by atoms with E-state index in [1.165, 1.54) is 6.07 Å². The summed E-state index contributed by atoms with van der Waals surface area (Å²) >= 11 is 0. The second kappa shape index (κ2) is 5.50. The summed E-state index contributed by atoms with van der Waals surface area (Å²) in [5, 5.41) is 9.83. The number of benzene rings is 1. The van der Waals surface area contributed by atoms with Gasteiger partial charge in [0.1, 0.15) is 5.82 Å². The first-order valence-electron chi connectivity index (χ1n) is 6.39. The third-order valence-corrected chi connectivity index (χ3v) is 3.63. The third-order valence-electron chi connectivity index (χ3n) is 3.63. The average Bonchev–Trinajstić information content (AvgIpc) is 2.71. The molecule has 1 N–H and O–H groups in total. The van der Waals surface area contributed by atoms with Crippen molar-refractivity contribution in [1.29, 1.82) is 0 Å². The Morgan fingerprint density at radius 3 is 2.82 bits per heavy atom. The molecule has 0 radical (unpaired) electrons. The molecule has 2 atom stereocenters. The van der Waals surface area contributed by atoms with Crippen molar-refractivity contribution in [2.24, 2.45) is 5.92 Å². The molecule has 0 spiro atoms. The van der Waals surface area contributed by atoms with E-state index in [0.717, 1.165) is 38.0 Å². The molecule has 1 fully saturated rings. The molecule has 1 saturated carbocycles. The number of halogens is 1. The van der Waals surface area contributed by atoms with Crippen molar-refractivity contribution < 1.29 is 9.50 Å². The van der Waals surface area contributed by atoms with Gasteiger partial charge in [-0.3, -0.25) is 0 Å². The van der Waals surface area contributed by atoms with Crippen LogP contribution in [-0.4, -0.2) is 24.3 Å². The van der Waals surface area contributed by atoms with E-state index in [1.807, 2.05) is 6.07 Å². The van der Waals surface area contributed by atoms with Crippen LogP contribution in [0.2, 0.25) is 0 Å². The molecule has 3 heteroatoms. The Balaban J connectivity index is 2.06. The number of aliphatic hydroxyl groups is 1. The summed E-state index contributed by atoms with van der Waals surface area (Å²) in [6, 6.07) is 6.68. The van der Waals surface area contributed by atoms with Crippen LogP contribution in [0.4, 0.5) is 10.1 Å². The second-order valence-electron chi connectivity index (χ2n) is 4.78. The standard InChI is InChI=1S/C14H20FNO/c1-2-16(10-11-5-3-8-14(11)17)13-7-4-6-12(15)9-13/h4,6-7,9,11,14,17H,2-3,5,8,10H2,1H3. The first kappa shape index (κ1) is 12.4. The maximum atomic E-state index is 13.2. The van der Waals surface area contributed by atoms with Gasteiger partial charge in [0.25, 0.3) is 0 Å². The maximum Gasteiger partial charge on any atom is 0.125 e. The van der Waals surface area contributed by atoms with Gasteiger partial charge >= 0.3 is 0 Å². The normalized spacial score (nSPS) is 23.9. The molecule has 0 bridgehead atoms. The van der Waals surface area contributed by atoms with Gasteiger partial charge in [-0.05, 0) is 38.0 Å². The lowest BCUT2D eigenvalue weighted by Gasteiger charge is -2.27. The molecule has 1 aromatic rings. The van der Waals surface area contributed by atoms with Crippen molar-refractivity contribution in [3.8, 4) is 0 Å². The van der Waals surface area contributed by atoms with Crippen molar-refractivity contribution in [3.63, 3.8) is 0 Å². The van der Waals surface area contributed by atoms with E-state index in [-0.39, 0.29) is 11.9 Å². The molecule has 17 heavy (non-hydrogen) atoms. The van der Waals surface area contributed by atoms with Crippen LogP contribution in [0.1, 0.15) is 26.2 Å². The van der Waals surface area contributed by atoms with Crippen molar-refractivity contribution in [2.75, 3.05) is 18.0 Å². The quantitative estimate of drug-likeness (QED) is 0.870. The molecule has 1 aromatic carbocycles. The van der Waals surface area contributed by atoms with Gasteiger partial charge in [0.15, 0.2) is 0 Å². The van der Waals surface area contributed by atoms with E-state index in [1.54, 1.807) is 12.1 Å². The van der Waals surface area contributed by atoms with Gasteiger partial charge in [0.05, 0.1) is 6.10 Å². The molecule has 0 aliphatic heterocycles. The molecule has 94 valence electrons. The zero-order chi connectivity index (χ0) is 12.3. The fourth-order valence-corrected chi connectivity index (χ4v) is 2.60. The summed E-state index contributed by atoms with van der Waals surface area (Å²) in [5.74, 6) is 0.131. The second-order valence-corrected chi connectivity index (χ2v) is 4.78. The Morgan fingerprint density at radius 1 is 1.41 bits per heavy atom. The molecular formula is C14H20FNO. The fourth-order valence-electron chi connectivity index (χ4n) is 2.60. The number of anilines is 1. The SMILES string of the molecule is CCN(CC1CCCC1O)c1cccc(F)c1. The molecule has 0 aromatic heterocycles. The largest absolute Gasteiger partial charge is 0.393 e. The summed E-state index contributed by atoms with van der Waals surface area (Å²) in [6.07, 6.45) is 2.91. The Bertz CT molecular complexity index is 369. The van der Waals surface area contributed by atoms with Crippen LogP contribution in [0.5, 0.6) is 0 Å². The number of nitrogens with zero attached hydrogens (tertiary/aromatic N) is 1. The van der Waals surface area contributed by atoms with Crippen LogP contribution in [0.3, 0.4) is 0 Å². The van der Waals surface area contributed by atoms with Crippen molar-refractivity contribution >= 4 is 5.69 Å². The highest BCUT2D eigenvalue weighted by Crippen LogP contribution is 2.28. The van der Waals surface area contributed by atoms with Crippen molar-refractivity contribution in [2.45, 2.75) is 32.3 Å². The molecule has 2 unspecified atom stereocenters. The molecular weight excluding hydrogens is 217 g/mol. The molecule has 0 amide bonds. The molecule has 1 aliphatic rings. The number of aliphatic hydroxyl groups excluding tert-OH is 1. The smallest absolute Gasteiger partial charge is 0.125 e. The molecule has 1 aliphatic carbocycles. The van der Waals surface area contributed by atoms with E-state index < -0.39 is 0 Å². The van der Waals surface area contributed by atoms with Crippen LogP contribution in [0, 0.1) is 11.7 Å². The van der Waals surface area contributed by atoms with E-state index in [4.69, 9.17) is 0 Å². The van der Waals surface area contributed by atoms with Crippen molar-refractivity contribution in [1.82, 2.24) is 0 Å². The van der Waals surface area contributed by atoms with Gasteiger partial charge in [-0.2, -0.15) is 0 Å². The zero-order valence-electron chi connectivity index (χ0n) is 10.3. The molecule has 0 saturated heterocycles. The maximum absolute atomic E-state index is 13.2. The summed E-state index contributed by atoms with van der Waals surface area (Å²) in [6.45, 7) is 3.72. The Kier molecular flexibility index (Phi) is 4.00. The summed E-state index contributed by atoms with van der Waals surface area (Å²) in [4.78, 5) is 2.14. The topological polar surface area (TPSA) is 23.5 Å². The van der Waals surface area contributed by atoms with E-state index >= 15 is 0 Å². The van der Waals surface area contributed by atoms with Gasteiger partial charge < -0.3 is 10.0 Å². The van der Waals surface area contributed by atoms with Crippen LogP contribution < -0.4 is 4.90 Å². The van der Waals surface area contributed by atoms with Gasteiger partial charge in [0, 0.05) is 24.7 Å². The number of hydrogen-bond acceptors (Lipinski definition) is 2. The summed E-state index contributed by atoms with van der Waals surface area (Å²) in [5.41, 5.74) is 0.909. The minimum Gasteiger partial charge on any atom is -0.393 e. The number of rotatable bonds is 4. The minimum absolute atomic E-state index is 0.183. The predicted octanol–water partition coefficient (Wildman–Crippen LogP) is 2.81. The van der Waals surface area contributed by atoms with E-state index in [2.05, 4.69) is 11.8 Å². The minimum atomic E-state index is -0.201. The molecule has 0 heterocycles. The predicted molar refractivity (Wildman–Crippen MR) is 67.6 cm³/mol. The Labute approximate surface area is 102 Å². The summed E-state index contributed by atoms with van der Waals surface area (Å²) < 4.78 is 13.2. The van der Waals surface area contributed by atoms with Crippen molar-refractivity contribution in [3.05, 3.63) is 30.1 Å². The Hall–Kier alpha value is -1.09. The van der Waals surface area contributed by atoms with E-state index in [0.29, 0.717) is 5.92 Å². The Morgan fingerprint density at radius 2 is 2.24 bits per heavy atom.